The van der Waals surface area contributed by atoms with Gasteiger partial charge in [-0.05, 0) is 30.2 Å². The lowest BCUT2D eigenvalue weighted by Gasteiger charge is -2.18. The number of hydrogen-bond acceptors (Lipinski definition) is 4. The maximum absolute atomic E-state index is 5.90. The third-order valence-electron chi connectivity index (χ3n) is 3.95. The Morgan fingerprint density at radius 3 is 2.48 bits per heavy atom. The van der Waals surface area contributed by atoms with Crippen molar-refractivity contribution in [3.05, 3.63) is 59.7 Å². The fraction of sp³-hybridized carbons (Fsp3) is 0.381. The van der Waals surface area contributed by atoms with Gasteiger partial charge in [0.2, 0.25) is 0 Å². The van der Waals surface area contributed by atoms with Crippen LogP contribution in [0.4, 0.5) is 0 Å². The number of nitrogens with one attached hydrogen (secondary N) is 2. The van der Waals surface area contributed by atoms with Crippen LogP contribution in [0.15, 0.2) is 53.5 Å². The number of aliphatic imine (C=N–C) groups is 1. The number of benzene rings is 2. The molecule has 0 amide bonds. The van der Waals surface area contributed by atoms with E-state index in [2.05, 4.69) is 15.6 Å². The van der Waals surface area contributed by atoms with Crippen molar-refractivity contribution in [2.24, 2.45) is 4.99 Å². The summed E-state index contributed by atoms with van der Waals surface area (Å²) in [5, 5.41) is 6.56. The van der Waals surface area contributed by atoms with Gasteiger partial charge in [-0.15, -0.1) is 0 Å². The van der Waals surface area contributed by atoms with Crippen LogP contribution in [-0.4, -0.2) is 39.9 Å². The second kappa shape index (κ2) is 11.1. The van der Waals surface area contributed by atoms with E-state index in [0.717, 1.165) is 22.8 Å². The molecule has 2 aromatic carbocycles. The van der Waals surface area contributed by atoms with E-state index in [4.69, 9.17) is 14.2 Å². The molecule has 2 aromatic rings. The summed E-state index contributed by atoms with van der Waals surface area (Å²) in [5.74, 6) is 2.16. The second-order valence-electron chi connectivity index (χ2n) is 6.19. The Morgan fingerprint density at radius 2 is 1.81 bits per heavy atom. The first-order valence-electron chi connectivity index (χ1n) is 8.96. The molecule has 0 aliphatic rings. The van der Waals surface area contributed by atoms with E-state index < -0.39 is 0 Å². The SMILES string of the molecule is CN=C(NCc1ccc(OCc2ccccc2)c(OC)c1)NC(C)COC. The summed E-state index contributed by atoms with van der Waals surface area (Å²) >= 11 is 0. The molecule has 6 heteroatoms. The molecule has 2 N–H and O–H groups in total. The van der Waals surface area contributed by atoms with Crippen molar-refractivity contribution in [1.29, 1.82) is 0 Å². The topological polar surface area (TPSA) is 64.1 Å². The Labute approximate surface area is 161 Å². The molecule has 1 unspecified atom stereocenters. The smallest absolute Gasteiger partial charge is 0.191 e. The molecule has 2 rings (SSSR count). The van der Waals surface area contributed by atoms with Crippen LogP contribution in [0.2, 0.25) is 0 Å². The monoisotopic (exact) mass is 371 g/mol. The summed E-state index contributed by atoms with van der Waals surface area (Å²) < 4.78 is 16.5. The lowest BCUT2D eigenvalue weighted by molar-refractivity contribution is 0.179. The first kappa shape index (κ1) is 20.6. The van der Waals surface area contributed by atoms with Gasteiger partial charge in [0.1, 0.15) is 6.61 Å². The van der Waals surface area contributed by atoms with Gasteiger partial charge in [0, 0.05) is 26.7 Å². The van der Waals surface area contributed by atoms with Crippen LogP contribution >= 0.6 is 0 Å². The first-order valence-corrected chi connectivity index (χ1v) is 8.96. The highest BCUT2D eigenvalue weighted by Gasteiger charge is 2.08. The Bertz CT molecular complexity index is 720. The highest BCUT2D eigenvalue weighted by Crippen LogP contribution is 2.28. The van der Waals surface area contributed by atoms with E-state index >= 15 is 0 Å². The molecule has 0 bridgehead atoms. The molecule has 0 aliphatic carbocycles. The van der Waals surface area contributed by atoms with Crippen molar-refractivity contribution >= 4 is 5.96 Å². The third kappa shape index (κ3) is 6.83. The van der Waals surface area contributed by atoms with Crippen molar-refractivity contribution in [2.45, 2.75) is 26.1 Å². The van der Waals surface area contributed by atoms with Crippen molar-refractivity contribution in [1.82, 2.24) is 10.6 Å². The van der Waals surface area contributed by atoms with E-state index in [-0.39, 0.29) is 6.04 Å². The molecule has 0 spiro atoms. The fourth-order valence-electron chi connectivity index (χ4n) is 2.58. The average Bonchev–Trinajstić information content (AvgIpc) is 2.70. The van der Waals surface area contributed by atoms with E-state index in [9.17, 15) is 0 Å². The molecule has 146 valence electrons. The van der Waals surface area contributed by atoms with Gasteiger partial charge in [-0.3, -0.25) is 4.99 Å². The number of rotatable bonds is 9. The predicted molar refractivity (Wildman–Crippen MR) is 108 cm³/mol. The van der Waals surface area contributed by atoms with Crippen LogP contribution in [0.1, 0.15) is 18.1 Å². The van der Waals surface area contributed by atoms with Crippen LogP contribution in [0.3, 0.4) is 0 Å². The lowest BCUT2D eigenvalue weighted by atomic mass is 10.2. The Balaban J connectivity index is 1.94. The number of nitrogens with zero attached hydrogens (tertiary/aromatic N) is 1. The molecule has 0 saturated carbocycles. The van der Waals surface area contributed by atoms with Crippen molar-refractivity contribution in [2.75, 3.05) is 27.9 Å². The normalized spacial score (nSPS) is 12.4. The largest absolute Gasteiger partial charge is 0.493 e. The summed E-state index contributed by atoms with van der Waals surface area (Å²) in [6.07, 6.45) is 0. The van der Waals surface area contributed by atoms with Crippen molar-refractivity contribution in [3.63, 3.8) is 0 Å². The summed E-state index contributed by atoms with van der Waals surface area (Å²) in [6.45, 7) is 3.78. The first-order chi connectivity index (χ1) is 13.2. The summed E-state index contributed by atoms with van der Waals surface area (Å²) in [6, 6.07) is 16.2. The summed E-state index contributed by atoms with van der Waals surface area (Å²) in [4.78, 5) is 4.23. The zero-order valence-electron chi connectivity index (χ0n) is 16.5. The fourth-order valence-corrected chi connectivity index (χ4v) is 2.58. The van der Waals surface area contributed by atoms with Crippen molar-refractivity contribution < 1.29 is 14.2 Å². The van der Waals surface area contributed by atoms with Gasteiger partial charge in [0.05, 0.1) is 13.7 Å². The van der Waals surface area contributed by atoms with Crippen LogP contribution in [-0.2, 0) is 17.9 Å². The average molecular weight is 371 g/mol. The minimum Gasteiger partial charge on any atom is -0.493 e. The number of hydrogen-bond donors (Lipinski definition) is 2. The minimum atomic E-state index is 0.171. The summed E-state index contributed by atoms with van der Waals surface area (Å²) in [5.41, 5.74) is 2.19. The molecule has 0 aromatic heterocycles. The zero-order valence-corrected chi connectivity index (χ0v) is 16.5. The molecule has 6 nitrogen and oxygen atoms in total. The molecule has 0 heterocycles. The Morgan fingerprint density at radius 1 is 1.04 bits per heavy atom. The predicted octanol–water partition coefficient (Wildman–Crippen LogP) is 2.97. The second-order valence-corrected chi connectivity index (χ2v) is 6.19. The van der Waals surface area contributed by atoms with Gasteiger partial charge >= 0.3 is 0 Å². The standard InChI is InChI=1S/C21H29N3O3/c1-16(14-25-3)24-21(22-2)23-13-18-10-11-19(20(12-18)26-4)27-15-17-8-6-5-7-9-17/h5-12,16H,13-15H2,1-4H3,(H2,22,23,24). The van der Waals surface area contributed by atoms with E-state index in [1.54, 1.807) is 21.3 Å². The maximum atomic E-state index is 5.90. The van der Waals surface area contributed by atoms with Crippen LogP contribution in [0, 0.1) is 0 Å². The Hall–Kier alpha value is -2.73. The lowest BCUT2D eigenvalue weighted by Crippen LogP contribution is -2.43. The zero-order chi connectivity index (χ0) is 19.5. The van der Waals surface area contributed by atoms with Gasteiger partial charge in [-0.1, -0.05) is 36.4 Å². The van der Waals surface area contributed by atoms with Gasteiger partial charge < -0.3 is 24.8 Å². The Kier molecular flexibility index (Phi) is 8.45. The number of ether oxygens (including phenoxy) is 3. The van der Waals surface area contributed by atoms with Crippen molar-refractivity contribution in [3.8, 4) is 11.5 Å². The molecule has 1 atom stereocenters. The molecule has 0 radical (unpaired) electrons. The minimum absolute atomic E-state index is 0.171. The number of guanidine groups is 1. The molecule has 0 aliphatic heterocycles. The van der Waals surface area contributed by atoms with Gasteiger partial charge in [0.25, 0.3) is 0 Å². The molecule has 0 fully saturated rings. The molecular formula is C21H29N3O3. The maximum Gasteiger partial charge on any atom is 0.191 e. The van der Waals surface area contributed by atoms with E-state index in [1.165, 1.54) is 0 Å². The van der Waals surface area contributed by atoms with Gasteiger partial charge in [-0.25, -0.2) is 0 Å². The molecular weight excluding hydrogens is 342 g/mol. The van der Waals surface area contributed by atoms with Crippen LogP contribution in [0.25, 0.3) is 0 Å². The van der Waals surface area contributed by atoms with Crippen LogP contribution in [0.5, 0.6) is 11.5 Å². The number of methoxy groups -OCH3 is 2. The molecule has 0 saturated heterocycles. The summed E-state index contributed by atoms with van der Waals surface area (Å²) in [7, 11) is 5.08. The quantitative estimate of drug-likeness (QED) is 0.524. The van der Waals surface area contributed by atoms with E-state index in [0.29, 0.717) is 25.5 Å². The van der Waals surface area contributed by atoms with E-state index in [1.807, 2.05) is 55.5 Å². The van der Waals surface area contributed by atoms with Crippen LogP contribution < -0.4 is 20.1 Å². The van der Waals surface area contributed by atoms with Gasteiger partial charge in [-0.2, -0.15) is 0 Å². The highest BCUT2D eigenvalue weighted by atomic mass is 16.5. The van der Waals surface area contributed by atoms with Gasteiger partial charge in [0.15, 0.2) is 17.5 Å². The third-order valence-corrected chi connectivity index (χ3v) is 3.95. The molecule has 27 heavy (non-hydrogen) atoms. The highest BCUT2D eigenvalue weighted by molar-refractivity contribution is 5.79.